The van der Waals surface area contributed by atoms with Gasteiger partial charge in [0, 0.05) is 56.3 Å². The molecule has 0 fully saturated rings. The molecule has 0 spiro atoms. The molecule has 4 unspecified atom stereocenters. The minimum Gasteiger partial charge on any atom is -0.466 e. The number of unbranched alkanes of at least 4 members (excludes halogenated alkanes) is 40. The number of ether oxygens (including phenoxy) is 2. The molecule has 0 bridgehead atoms. The fraction of sp³-hybridized carbons (Fsp3) is 0.849. The van der Waals surface area contributed by atoms with Crippen LogP contribution >= 0.6 is 0 Å². The van der Waals surface area contributed by atoms with Crippen LogP contribution in [-0.2, 0) is 49.6 Å². The number of benzene rings is 1. The highest BCUT2D eigenvalue weighted by molar-refractivity contribution is 6.01. The minimum absolute atomic E-state index is 0.0982. The number of aliphatic hydroxyl groups is 1. The fourth-order valence-electron chi connectivity index (χ4n) is 15.4. The second-order valence-corrected chi connectivity index (χ2v) is 32.7. The van der Waals surface area contributed by atoms with Crippen LogP contribution in [-0.4, -0.2) is 79.1 Å². The van der Waals surface area contributed by atoms with Crippen LogP contribution in [0, 0.1) is 23.7 Å². The lowest BCUT2D eigenvalue weighted by molar-refractivity contribution is -0.271. The number of amides is 2. The Bertz CT molecular complexity index is 2250. The Morgan fingerprint density at radius 3 is 0.962 bits per heavy atom. The monoisotopic (exact) mass is 1490 g/mol. The van der Waals surface area contributed by atoms with Crippen molar-refractivity contribution in [2.75, 3.05) is 32.9 Å². The summed E-state index contributed by atoms with van der Waals surface area (Å²) in [5, 5.41) is 16.1. The van der Waals surface area contributed by atoms with Gasteiger partial charge in [0.2, 0.25) is 11.8 Å². The van der Waals surface area contributed by atoms with Crippen molar-refractivity contribution in [3.05, 3.63) is 47.5 Å². The van der Waals surface area contributed by atoms with Gasteiger partial charge in [0.25, 0.3) is 0 Å². The quantitative estimate of drug-likeness (QED) is 0.0141. The number of hydrogen-bond donors (Lipinski definition) is 3. The van der Waals surface area contributed by atoms with Crippen molar-refractivity contribution in [3.63, 3.8) is 0 Å². The van der Waals surface area contributed by atoms with Crippen molar-refractivity contribution in [2.45, 2.75) is 452 Å². The lowest BCUT2D eigenvalue weighted by Crippen LogP contribution is -2.34. The van der Waals surface area contributed by atoms with E-state index in [0.717, 1.165) is 87.0 Å². The second-order valence-electron chi connectivity index (χ2n) is 32.7. The number of nitrogens with one attached hydrogen (secondary N) is 2. The first-order chi connectivity index (χ1) is 51.6. The first-order valence-electron chi connectivity index (χ1n) is 45.3. The molecular weight excluding hydrogens is 1320 g/mol. The van der Waals surface area contributed by atoms with Gasteiger partial charge in [-0.05, 0) is 82.1 Å². The molecule has 0 saturated heterocycles. The van der Waals surface area contributed by atoms with E-state index < -0.39 is 11.6 Å². The molecule has 0 radical (unpaired) electrons. The topological polar surface area (TPSA) is 184 Å². The third kappa shape index (κ3) is 61.6. The summed E-state index contributed by atoms with van der Waals surface area (Å²) in [6.45, 7) is 19.1. The van der Waals surface area contributed by atoms with E-state index in [0.29, 0.717) is 62.8 Å². The molecule has 13 nitrogen and oxygen atoms in total. The molecule has 106 heavy (non-hydrogen) atoms. The molecule has 4 atom stereocenters. The first-order valence-corrected chi connectivity index (χ1v) is 45.3. The Kier molecular flexibility index (Phi) is 68.3. The van der Waals surface area contributed by atoms with Crippen molar-refractivity contribution in [2.24, 2.45) is 23.7 Å². The van der Waals surface area contributed by atoms with Crippen LogP contribution in [0.5, 0.6) is 0 Å². The Labute approximate surface area is 652 Å². The molecule has 0 aromatic heterocycles. The largest absolute Gasteiger partial charge is 0.466 e. The standard InChI is InChI=1S/C93H168N2O11/c1-9-13-17-21-33-45-58-82(84(60-47-35-23-19-15-11-3)64-51-39-27-31-43-55-68-89(98)103-77-57-78-104-92(101)80(5)6)62-49-37-25-29-41-53-66-87(96)94-75-76-95-88(97)67-54-42-30-26-38-50-63-83(59-46-34-22-18-14-10-2)85(61-48-36-24-20-16-12-4)65-52-40-28-32-44-56-69-90(99)106-105-79-74-81-70-72-86(73-71-81)91(100)93(7,8)102/h70-73,82-85,102H,5,9-69,74-79H2,1-4,6-8H3,(H,94,96)(H,95,97). The second kappa shape index (κ2) is 72.4. The van der Waals surface area contributed by atoms with Gasteiger partial charge in [-0.25, -0.2) is 9.59 Å². The molecule has 0 aliphatic carbocycles. The maximum absolute atomic E-state index is 12.8. The van der Waals surface area contributed by atoms with E-state index >= 15 is 0 Å². The number of hydrogen-bond acceptors (Lipinski definition) is 11. The van der Waals surface area contributed by atoms with Gasteiger partial charge in [0.05, 0.1) is 19.8 Å². The lowest BCUT2D eigenvalue weighted by atomic mass is 9.78. The number of ketones is 1. The normalized spacial score (nSPS) is 12.8. The average molecular weight is 1490 g/mol. The van der Waals surface area contributed by atoms with Gasteiger partial charge >= 0.3 is 17.9 Å². The summed E-state index contributed by atoms with van der Waals surface area (Å²) in [5.41, 5.74) is 0.379. The highest BCUT2D eigenvalue weighted by Gasteiger charge is 2.26. The molecule has 3 N–H and O–H groups in total. The predicted octanol–water partition coefficient (Wildman–Crippen LogP) is 25.9. The number of rotatable bonds is 80. The molecule has 13 heteroatoms. The van der Waals surface area contributed by atoms with Gasteiger partial charge in [-0.15, -0.1) is 0 Å². The number of esters is 2. The van der Waals surface area contributed by atoms with E-state index in [2.05, 4.69) is 44.9 Å². The smallest absolute Gasteiger partial charge is 0.342 e. The van der Waals surface area contributed by atoms with E-state index in [1.165, 1.54) is 316 Å². The molecule has 616 valence electrons. The van der Waals surface area contributed by atoms with Crippen molar-refractivity contribution < 1.29 is 53.1 Å². The van der Waals surface area contributed by atoms with Crippen LogP contribution < -0.4 is 10.6 Å². The molecule has 1 rings (SSSR count). The lowest BCUT2D eigenvalue weighted by Gasteiger charge is -2.28. The molecule has 1 aromatic rings. The summed E-state index contributed by atoms with van der Waals surface area (Å²) >= 11 is 0. The van der Waals surface area contributed by atoms with Gasteiger partial charge in [0.1, 0.15) is 5.60 Å². The van der Waals surface area contributed by atoms with Crippen molar-refractivity contribution in [1.29, 1.82) is 0 Å². The van der Waals surface area contributed by atoms with Crippen LogP contribution in [0.15, 0.2) is 36.4 Å². The Morgan fingerprint density at radius 2 is 0.651 bits per heavy atom. The molecule has 0 aliphatic rings. The molecule has 2 amide bonds. The fourth-order valence-corrected chi connectivity index (χ4v) is 15.4. The van der Waals surface area contributed by atoms with Crippen LogP contribution in [0.2, 0.25) is 0 Å². The zero-order valence-corrected chi connectivity index (χ0v) is 70.2. The zero-order chi connectivity index (χ0) is 77.5. The average Bonchev–Trinajstić information content (AvgIpc) is 0.852. The van der Waals surface area contributed by atoms with Crippen LogP contribution in [0.25, 0.3) is 0 Å². The van der Waals surface area contributed by atoms with E-state index in [1.54, 1.807) is 19.1 Å². The highest BCUT2D eigenvalue weighted by atomic mass is 17.2. The summed E-state index contributed by atoms with van der Waals surface area (Å²) in [5.74, 6) is 2.29. The first kappa shape index (κ1) is 99.9. The molecule has 0 aliphatic heterocycles. The summed E-state index contributed by atoms with van der Waals surface area (Å²) in [6.07, 6.45) is 74.3. The third-order valence-electron chi connectivity index (χ3n) is 22.2. The molecule has 0 heterocycles. The maximum Gasteiger partial charge on any atom is 0.342 e. The third-order valence-corrected chi connectivity index (χ3v) is 22.2. The van der Waals surface area contributed by atoms with Gasteiger partial charge in [0.15, 0.2) is 5.78 Å². The Morgan fingerprint density at radius 1 is 0.368 bits per heavy atom. The Hall–Kier alpha value is -4.10. The van der Waals surface area contributed by atoms with E-state index in [1.807, 2.05) is 12.1 Å². The summed E-state index contributed by atoms with van der Waals surface area (Å²) in [7, 11) is 0. The van der Waals surface area contributed by atoms with Crippen LogP contribution in [0.4, 0.5) is 0 Å². The van der Waals surface area contributed by atoms with Crippen molar-refractivity contribution in [3.8, 4) is 0 Å². The summed E-state index contributed by atoms with van der Waals surface area (Å²) in [4.78, 5) is 84.3. The number of carbonyl (C=O) groups is 6. The van der Waals surface area contributed by atoms with Gasteiger partial charge in [-0.1, -0.05) is 392 Å². The summed E-state index contributed by atoms with van der Waals surface area (Å²) in [6, 6.07) is 7.08. The van der Waals surface area contributed by atoms with Crippen molar-refractivity contribution in [1.82, 2.24) is 10.6 Å². The SMILES string of the molecule is C=C(C)C(=O)OCCCOC(=O)CCCCCCCCC(CCCCCCCC)C(CCCCCCCC)CCCCCCCCC(=O)NCCNC(=O)CCCCCCCCC(CCCCCCCC)C(CCCCCCCC)CCCCCCCCC(=O)OOCCc1ccc(C(=O)C(C)(C)O)cc1. The number of carbonyl (C=O) groups excluding carboxylic acids is 6. The predicted molar refractivity (Wildman–Crippen MR) is 444 cm³/mol. The molecule has 0 saturated carbocycles. The summed E-state index contributed by atoms with van der Waals surface area (Å²) < 4.78 is 10.4. The highest BCUT2D eigenvalue weighted by Crippen LogP contribution is 2.36. The zero-order valence-electron chi connectivity index (χ0n) is 70.2. The van der Waals surface area contributed by atoms with E-state index in [4.69, 9.17) is 19.2 Å². The van der Waals surface area contributed by atoms with Gasteiger partial charge < -0.3 is 25.2 Å². The van der Waals surface area contributed by atoms with Crippen molar-refractivity contribution >= 4 is 35.5 Å². The van der Waals surface area contributed by atoms with E-state index in [-0.39, 0.29) is 49.4 Å². The maximum atomic E-state index is 12.8. The Balaban J connectivity index is 2.47. The van der Waals surface area contributed by atoms with Crippen LogP contribution in [0.1, 0.15) is 456 Å². The van der Waals surface area contributed by atoms with Gasteiger partial charge in [-0.2, -0.15) is 4.89 Å². The molecule has 1 aromatic carbocycles. The molecular formula is C93H168N2O11. The van der Waals surface area contributed by atoms with E-state index in [9.17, 15) is 33.9 Å². The minimum atomic E-state index is -1.41. The van der Waals surface area contributed by atoms with Gasteiger partial charge in [-0.3, -0.25) is 24.1 Å². The van der Waals surface area contributed by atoms with Crippen LogP contribution in [0.3, 0.4) is 0 Å². The number of Topliss-reactive ketones (excluding diaryl/α,β-unsaturated/α-hetero) is 1.